The van der Waals surface area contributed by atoms with Gasteiger partial charge in [-0.1, -0.05) is 36.4 Å². The quantitative estimate of drug-likeness (QED) is 0.164. The third kappa shape index (κ3) is 6.06. The Morgan fingerprint density at radius 3 is 2.61 bits per heavy atom. The fourth-order valence-corrected chi connectivity index (χ4v) is 5.66. The van der Waals surface area contributed by atoms with Crippen molar-refractivity contribution in [2.45, 2.75) is 19.3 Å². The van der Waals surface area contributed by atoms with E-state index < -0.39 is 0 Å². The molecular formula is C34H29N7O2S. The number of thiophene rings is 1. The summed E-state index contributed by atoms with van der Waals surface area (Å²) in [6, 6.07) is 27.1. The van der Waals surface area contributed by atoms with Gasteiger partial charge in [0.15, 0.2) is 0 Å². The Morgan fingerprint density at radius 2 is 1.80 bits per heavy atom. The van der Waals surface area contributed by atoms with Crippen molar-refractivity contribution in [2.75, 3.05) is 17.2 Å². The molecule has 9 nitrogen and oxygen atoms in total. The number of nitrogens with zero attached hydrogens (tertiary/aromatic N) is 4. The summed E-state index contributed by atoms with van der Waals surface area (Å²) in [5.41, 5.74) is 6.58. The molecular weight excluding hydrogens is 570 g/mol. The molecule has 6 aromatic rings. The average molecular weight is 600 g/mol. The molecule has 4 aromatic heterocycles. The molecule has 0 saturated heterocycles. The molecule has 0 radical (unpaired) electrons. The summed E-state index contributed by atoms with van der Waals surface area (Å²) in [4.78, 5) is 39.5. The van der Waals surface area contributed by atoms with Crippen molar-refractivity contribution < 1.29 is 9.59 Å². The maximum absolute atomic E-state index is 12.7. The summed E-state index contributed by atoms with van der Waals surface area (Å²) in [5, 5.41) is 11.2. The van der Waals surface area contributed by atoms with E-state index in [4.69, 9.17) is 9.97 Å². The average Bonchev–Trinajstić information content (AvgIpc) is 3.60. The number of anilines is 3. The first kappa shape index (κ1) is 27.5. The number of pyridine rings is 1. The van der Waals surface area contributed by atoms with E-state index in [2.05, 4.69) is 20.9 Å². The minimum atomic E-state index is -0.146. The normalized spacial score (nSPS) is 12.6. The van der Waals surface area contributed by atoms with Crippen molar-refractivity contribution >= 4 is 46.1 Å². The Morgan fingerprint density at radius 1 is 0.909 bits per heavy atom. The first-order valence-electron chi connectivity index (χ1n) is 14.5. The number of nitrogens with one attached hydrogen (secondary N) is 3. The van der Waals surface area contributed by atoms with Crippen molar-refractivity contribution in [3.8, 4) is 22.6 Å². The molecule has 1 saturated carbocycles. The van der Waals surface area contributed by atoms with E-state index in [0.717, 1.165) is 53.1 Å². The fourth-order valence-electron chi connectivity index (χ4n) is 5.04. The lowest BCUT2D eigenvalue weighted by Gasteiger charge is -2.10. The maximum Gasteiger partial charge on any atom is 0.265 e. The second kappa shape index (κ2) is 12.1. The lowest BCUT2D eigenvalue weighted by atomic mass is 10.1. The lowest BCUT2D eigenvalue weighted by Crippen LogP contribution is -2.26. The van der Waals surface area contributed by atoms with Gasteiger partial charge in [0, 0.05) is 41.8 Å². The van der Waals surface area contributed by atoms with Crippen molar-refractivity contribution in [1.82, 2.24) is 24.7 Å². The van der Waals surface area contributed by atoms with Gasteiger partial charge in [0.25, 0.3) is 5.91 Å². The summed E-state index contributed by atoms with van der Waals surface area (Å²) in [6.07, 6.45) is 6.49. The highest BCUT2D eigenvalue weighted by Gasteiger charge is 2.29. The van der Waals surface area contributed by atoms with Crippen LogP contribution in [0.25, 0.3) is 28.3 Å². The molecule has 0 unspecified atom stereocenters. The first-order chi connectivity index (χ1) is 21.6. The van der Waals surface area contributed by atoms with E-state index in [9.17, 15) is 9.59 Å². The monoisotopic (exact) mass is 599 g/mol. The minimum Gasteiger partial charge on any atom is -0.356 e. The van der Waals surface area contributed by atoms with E-state index >= 15 is 0 Å². The standard InChI is InChI=1S/C34H29N7O2S/c42-32(23-11-12-23)35-17-15-22-9-13-25(14-10-22)38-34-36-18-16-27(39-34)31-30(40-29-8-1-2-19-41(29)31)24-5-3-6-26(21-24)37-33(43)28-7-4-20-44-28/h1-10,13-14,16,18-21,23H,11-12,15,17H2,(H,35,42)(H,37,43)(H,36,38,39). The van der Waals surface area contributed by atoms with Crippen LogP contribution in [0.1, 0.15) is 28.1 Å². The van der Waals surface area contributed by atoms with Crippen LogP contribution in [0.2, 0.25) is 0 Å². The van der Waals surface area contributed by atoms with Crippen molar-refractivity contribution in [1.29, 1.82) is 0 Å². The van der Waals surface area contributed by atoms with Crippen LogP contribution in [0.5, 0.6) is 0 Å². The largest absolute Gasteiger partial charge is 0.356 e. The van der Waals surface area contributed by atoms with Gasteiger partial charge in [0.1, 0.15) is 5.65 Å². The Labute approximate surface area is 258 Å². The number of hydrogen-bond acceptors (Lipinski definition) is 7. The molecule has 7 rings (SSSR count). The second-order valence-corrected chi connectivity index (χ2v) is 11.6. The highest BCUT2D eigenvalue weighted by Crippen LogP contribution is 2.34. The smallest absolute Gasteiger partial charge is 0.265 e. The van der Waals surface area contributed by atoms with Gasteiger partial charge in [0.05, 0.1) is 22.0 Å². The molecule has 3 N–H and O–H groups in total. The van der Waals surface area contributed by atoms with E-state index in [1.165, 1.54) is 11.3 Å². The van der Waals surface area contributed by atoms with E-state index in [1.807, 2.05) is 94.8 Å². The zero-order chi connectivity index (χ0) is 29.9. The van der Waals surface area contributed by atoms with Crippen molar-refractivity contribution in [3.05, 3.63) is 113 Å². The zero-order valence-electron chi connectivity index (χ0n) is 23.7. The Hall–Kier alpha value is -5.35. The molecule has 1 aliphatic carbocycles. The predicted molar refractivity (Wildman–Crippen MR) is 173 cm³/mol. The number of hydrogen-bond donors (Lipinski definition) is 3. The van der Waals surface area contributed by atoms with Gasteiger partial charge in [-0.3, -0.25) is 14.0 Å². The van der Waals surface area contributed by atoms with Crippen LogP contribution in [0.4, 0.5) is 17.3 Å². The van der Waals surface area contributed by atoms with Gasteiger partial charge in [-0.05, 0) is 78.7 Å². The topological polar surface area (TPSA) is 113 Å². The second-order valence-electron chi connectivity index (χ2n) is 10.7. The number of rotatable bonds is 10. The molecule has 1 fully saturated rings. The summed E-state index contributed by atoms with van der Waals surface area (Å²) < 4.78 is 2.01. The number of benzene rings is 2. The van der Waals surface area contributed by atoms with Crippen LogP contribution in [-0.4, -0.2) is 37.7 Å². The highest BCUT2D eigenvalue weighted by atomic mass is 32.1. The SMILES string of the molecule is O=C(Nc1cccc(-c2nc3ccccn3c2-c2ccnc(Nc3ccc(CCNC(=O)C4CC4)cc3)n2)c1)c1cccs1. The van der Waals surface area contributed by atoms with Crippen LogP contribution >= 0.6 is 11.3 Å². The van der Waals surface area contributed by atoms with E-state index in [-0.39, 0.29) is 17.7 Å². The molecule has 44 heavy (non-hydrogen) atoms. The Bertz CT molecular complexity index is 1950. The molecule has 0 bridgehead atoms. The summed E-state index contributed by atoms with van der Waals surface area (Å²) in [7, 11) is 0. The van der Waals surface area contributed by atoms with Crippen LogP contribution in [0, 0.1) is 5.92 Å². The van der Waals surface area contributed by atoms with Crippen LogP contribution < -0.4 is 16.0 Å². The Kier molecular flexibility index (Phi) is 7.56. The zero-order valence-corrected chi connectivity index (χ0v) is 24.6. The Balaban J connectivity index is 1.13. The van der Waals surface area contributed by atoms with Crippen molar-refractivity contribution in [2.24, 2.45) is 5.92 Å². The lowest BCUT2D eigenvalue weighted by molar-refractivity contribution is -0.122. The molecule has 10 heteroatoms. The minimum absolute atomic E-state index is 0.146. The summed E-state index contributed by atoms with van der Waals surface area (Å²) in [5.74, 6) is 0.708. The van der Waals surface area contributed by atoms with Gasteiger partial charge in [-0.2, -0.15) is 0 Å². The first-order valence-corrected chi connectivity index (χ1v) is 15.4. The highest BCUT2D eigenvalue weighted by molar-refractivity contribution is 7.12. The van der Waals surface area contributed by atoms with Gasteiger partial charge in [-0.15, -0.1) is 11.3 Å². The maximum atomic E-state index is 12.7. The van der Waals surface area contributed by atoms with Gasteiger partial charge in [0.2, 0.25) is 11.9 Å². The molecule has 4 heterocycles. The molecule has 1 aliphatic rings. The molecule has 0 aliphatic heterocycles. The third-order valence-corrected chi connectivity index (χ3v) is 8.31. The number of carbonyl (C=O) groups excluding carboxylic acids is 2. The van der Waals surface area contributed by atoms with Crippen LogP contribution in [-0.2, 0) is 11.2 Å². The number of imidazole rings is 1. The van der Waals surface area contributed by atoms with Crippen molar-refractivity contribution in [3.63, 3.8) is 0 Å². The van der Waals surface area contributed by atoms with Gasteiger partial charge < -0.3 is 16.0 Å². The molecule has 2 aromatic carbocycles. The van der Waals surface area contributed by atoms with Crippen LogP contribution in [0.15, 0.2) is 103 Å². The number of fused-ring (bicyclic) bond motifs is 1. The van der Waals surface area contributed by atoms with E-state index in [1.54, 1.807) is 12.3 Å². The number of amides is 2. The van der Waals surface area contributed by atoms with E-state index in [0.29, 0.717) is 28.8 Å². The predicted octanol–water partition coefficient (Wildman–Crippen LogP) is 6.58. The van der Waals surface area contributed by atoms with Crippen LogP contribution in [0.3, 0.4) is 0 Å². The molecule has 218 valence electrons. The molecule has 0 spiro atoms. The molecule has 2 amide bonds. The number of carbonyl (C=O) groups is 2. The van der Waals surface area contributed by atoms with Gasteiger partial charge in [-0.25, -0.2) is 15.0 Å². The summed E-state index contributed by atoms with van der Waals surface area (Å²) >= 11 is 1.40. The molecule has 0 atom stereocenters. The fraction of sp³-hybridized carbons (Fsp3) is 0.147. The third-order valence-electron chi connectivity index (χ3n) is 7.44. The summed E-state index contributed by atoms with van der Waals surface area (Å²) in [6.45, 7) is 0.638. The number of aromatic nitrogens is 4. The van der Waals surface area contributed by atoms with Gasteiger partial charge >= 0.3 is 0 Å².